The van der Waals surface area contributed by atoms with E-state index in [9.17, 15) is 9.59 Å². The maximum Gasteiger partial charge on any atom is 0.250 e. The molecule has 0 aliphatic carbocycles. The fourth-order valence-electron chi connectivity index (χ4n) is 2.34. The topological polar surface area (TPSA) is 60.3 Å². The largest absolute Gasteiger partial charge is 0.369 e. The summed E-state index contributed by atoms with van der Waals surface area (Å²) in [4.78, 5) is 24.2. The molecule has 0 bridgehead atoms. The number of carbonyl (C=O) groups is 1. The predicted molar refractivity (Wildman–Crippen MR) is 89.1 cm³/mol. The standard InChI is InChI=1S/C18H22N2O3/c1-3-23-14(2)18(22)19-16(15-9-5-4-6-10-15)13-20-12-8-7-11-17(20)21/h4-12,14,16H,3,13H2,1-2H3,(H,19,22)/t14-,16+/m1/s1. The number of hydrogen-bond acceptors (Lipinski definition) is 3. The van der Waals surface area contributed by atoms with Crippen LogP contribution in [0, 0.1) is 0 Å². The maximum atomic E-state index is 12.3. The van der Waals surface area contributed by atoms with Crippen molar-refractivity contribution in [3.05, 3.63) is 70.6 Å². The number of aromatic nitrogens is 1. The molecule has 2 aromatic rings. The molecule has 0 saturated carbocycles. The van der Waals surface area contributed by atoms with Gasteiger partial charge in [0.25, 0.3) is 5.56 Å². The van der Waals surface area contributed by atoms with Gasteiger partial charge in [-0.1, -0.05) is 36.4 Å². The molecule has 1 aromatic carbocycles. The van der Waals surface area contributed by atoms with Crippen LogP contribution in [-0.2, 0) is 16.1 Å². The second-order valence-electron chi connectivity index (χ2n) is 5.26. The lowest BCUT2D eigenvalue weighted by Crippen LogP contribution is -2.39. The molecule has 0 unspecified atom stereocenters. The van der Waals surface area contributed by atoms with Crippen LogP contribution in [0.2, 0.25) is 0 Å². The van der Waals surface area contributed by atoms with Crippen LogP contribution < -0.4 is 10.9 Å². The third-order valence-corrected chi connectivity index (χ3v) is 3.58. The van der Waals surface area contributed by atoms with Gasteiger partial charge in [-0.15, -0.1) is 0 Å². The van der Waals surface area contributed by atoms with E-state index in [0.717, 1.165) is 5.56 Å². The molecular formula is C18H22N2O3. The Morgan fingerprint density at radius 3 is 2.52 bits per heavy atom. The predicted octanol–water partition coefficient (Wildman–Crippen LogP) is 2.13. The van der Waals surface area contributed by atoms with E-state index >= 15 is 0 Å². The first-order valence-electron chi connectivity index (χ1n) is 7.74. The Kier molecular flexibility index (Phi) is 6.11. The van der Waals surface area contributed by atoms with Crippen LogP contribution >= 0.6 is 0 Å². The van der Waals surface area contributed by atoms with Crippen molar-refractivity contribution in [2.24, 2.45) is 0 Å². The van der Waals surface area contributed by atoms with Crippen molar-refractivity contribution in [3.63, 3.8) is 0 Å². The number of hydrogen-bond donors (Lipinski definition) is 1. The Labute approximate surface area is 135 Å². The summed E-state index contributed by atoms with van der Waals surface area (Å²) in [5, 5.41) is 2.97. The van der Waals surface area contributed by atoms with Crippen molar-refractivity contribution < 1.29 is 9.53 Å². The minimum Gasteiger partial charge on any atom is -0.369 e. The fraction of sp³-hybridized carbons (Fsp3) is 0.333. The summed E-state index contributed by atoms with van der Waals surface area (Å²) in [6.07, 6.45) is 1.19. The van der Waals surface area contributed by atoms with Gasteiger partial charge in [-0.25, -0.2) is 0 Å². The first-order chi connectivity index (χ1) is 11.1. The summed E-state index contributed by atoms with van der Waals surface area (Å²) in [5.41, 5.74) is 0.848. The molecule has 1 heterocycles. The molecular weight excluding hydrogens is 292 g/mol. The van der Waals surface area contributed by atoms with E-state index in [2.05, 4.69) is 5.32 Å². The van der Waals surface area contributed by atoms with E-state index in [4.69, 9.17) is 4.74 Å². The molecule has 1 amide bonds. The summed E-state index contributed by atoms with van der Waals surface area (Å²) >= 11 is 0. The summed E-state index contributed by atoms with van der Waals surface area (Å²) in [5.74, 6) is -0.190. The number of rotatable bonds is 7. The van der Waals surface area contributed by atoms with Gasteiger partial charge in [0.15, 0.2) is 0 Å². The zero-order valence-electron chi connectivity index (χ0n) is 13.4. The van der Waals surface area contributed by atoms with E-state index in [1.807, 2.05) is 37.3 Å². The summed E-state index contributed by atoms with van der Waals surface area (Å²) < 4.78 is 6.92. The highest BCUT2D eigenvalue weighted by Crippen LogP contribution is 2.15. The van der Waals surface area contributed by atoms with Crippen molar-refractivity contribution in [1.29, 1.82) is 0 Å². The molecule has 2 rings (SSSR count). The SMILES string of the molecule is CCO[C@H](C)C(=O)N[C@@H](Cn1ccccc1=O)c1ccccc1. The van der Waals surface area contributed by atoms with Crippen molar-refractivity contribution in [3.8, 4) is 0 Å². The number of nitrogens with one attached hydrogen (secondary N) is 1. The van der Waals surface area contributed by atoms with Crippen LogP contribution in [0.25, 0.3) is 0 Å². The molecule has 23 heavy (non-hydrogen) atoms. The fourth-order valence-corrected chi connectivity index (χ4v) is 2.34. The van der Waals surface area contributed by atoms with Crippen molar-refractivity contribution in [2.75, 3.05) is 6.61 Å². The van der Waals surface area contributed by atoms with E-state index in [1.165, 1.54) is 6.07 Å². The highest BCUT2D eigenvalue weighted by Gasteiger charge is 2.19. The van der Waals surface area contributed by atoms with Crippen LogP contribution in [0.4, 0.5) is 0 Å². The molecule has 0 saturated heterocycles. The minimum atomic E-state index is -0.529. The average molecular weight is 314 g/mol. The molecule has 2 atom stereocenters. The van der Waals surface area contributed by atoms with Gasteiger partial charge in [-0.2, -0.15) is 0 Å². The van der Waals surface area contributed by atoms with Crippen LogP contribution in [0.15, 0.2) is 59.5 Å². The van der Waals surface area contributed by atoms with Crippen LogP contribution in [0.1, 0.15) is 25.5 Å². The quantitative estimate of drug-likeness (QED) is 0.851. The zero-order chi connectivity index (χ0) is 16.7. The summed E-state index contributed by atoms with van der Waals surface area (Å²) in [7, 11) is 0. The van der Waals surface area contributed by atoms with E-state index in [1.54, 1.807) is 29.8 Å². The van der Waals surface area contributed by atoms with Crippen molar-refractivity contribution >= 4 is 5.91 Å². The number of amides is 1. The molecule has 122 valence electrons. The second-order valence-corrected chi connectivity index (χ2v) is 5.26. The van der Waals surface area contributed by atoms with Gasteiger partial charge in [0, 0.05) is 18.9 Å². The molecule has 0 spiro atoms. The lowest BCUT2D eigenvalue weighted by atomic mass is 10.1. The number of pyridine rings is 1. The van der Waals surface area contributed by atoms with E-state index < -0.39 is 6.10 Å². The third-order valence-electron chi connectivity index (χ3n) is 3.58. The number of benzene rings is 1. The number of carbonyl (C=O) groups excluding carboxylic acids is 1. The van der Waals surface area contributed by atoms with E-state index in [-0.39, 0.29) is 17.5 Å². The molecule has 0 aliphatic heterocycles. The number of nitrogens with zero attached hydrogens (tertiary/aromatic N) is 1. The Morgan fingerprint density at radius 2 is 1.87 bits per heavy atom. The maximum absolute atomic E-state index is 12.3. The molecule has 0 radical (unpaired) electrons. The molecule has 1 aromatic heterocycles. The van der Waals surface area contributed by atoms with Gasteiger partial charge in [-0.3, -0.25) is 9.59 Å². The Balaban J connectivity index is 2.21. The smallest absolute Gasteiger partial charge is 0.250 e. The molecule has 0 fully saturated rings. The summed E-state index contributed by atoms with van der Waals surface area (Å²) in [6, 6.07) is 14.3. The Bertz CT molecular complexity index is 682. The van der Waals surface area contributed by atoms with Crippen molar-refractivity contribution in [1.82, 2.24) is 9.88 Å². The molecule has 0 aliphatic rings. The van der Waals surface area contributed by atoms with Gasteiger partial charge in [0.2, 0.25) is 5.91 Å². The highest BCUT2D eigenvalue weighted by atomic mass is 16.5. The molecule has 5 nitrogen and oxygen atoms in total. The highest BCUT2D eigenvalue weighted by molar-refractivity contribution is 5.80. The van der Waals surface area contributed by atoms with Gasteiger partial charge in [-0.05, 0) is 25.5 Å². The van der Waals surface area contributed by atoms with Gasteiger partial charge < -0.3 is 14.6 Å². The molecule has 5 heteroatoms. The van der Waals surface area contributed by atoms with Crippen LogP contribution in [-0.4, -0.2) is 23.2 Å². The first kappa shape index (κ1) is 17.0. The van der Waals surface area contributed by atoms with Crippen LogP contribution in [0.5, 0.6) is 0 Å². The van der Waals surface area contributed by atoms with Crippen LogP contribution in [0.3, 0.4) is 0 Å². The summed E-state index contributed by atoms with van der Waals surface area (Å²) in [6.45, 7) is 4.41. The van der Waals surface area contributed by atoms with E-state index in [0.29, 0.717) is 13.2 Å². The first-order valence-corrected chi connectivity index (χ1v) is 7.74. The van der Waals surface area contributed by atoms with Gasteiger partial charge in [0.1, 0.15) is 6.10 Å². The lowest BCUT2D eigenvalue weighted by Gasteiger charge is -2.22. The van der Waals surface area contributed by atoms with Gasteiger partial charge >= 0.3 is 0 Å². The third kappa shape index (κ3) is 4.79. The molecule has 1 N–H and O–H groups in total. The van der Waals surface area contributed by atoms with Crippen molar-refractivity contribution in [2.45, 2.75) is 32.5 Å². The normalized spacial score (nSPS) is 13.3. The zero-order valence-corrected chi connectivity index (χ0v) is 13.4. The Morgan fingerprint density at radius 1 is 1.17 bits per heavy atom. The van der Waals surface area contributed by atoms with Gasteiger partial charge in [0.05, 0.1) is 12.6 Å². The lowest BCUT2D eigenvalue weighted by molar-refractivity contribution is -0.132. The Hall–Kier alpha value is -2.40. The second kappa shape index (κ2) is 8.29. The number of ether oxygens (including phenoxy) is 1. The monoisotopic (exact) mass is 314 g/mol. The minimum absolute atomic E-state index is 0.0967. The average Bonchev–Trinajstić information content (AvgIpc) is 2.57.